The third-order valence-corrected chi connectivity index (χ3v) is 6.26. The van der Waals surface area contributed by atoms with Crippen molar-refractivity contribution in [1.29, 1.82) is 0 Å². The summed E-state index contributed by atoms with van der Waals surface area (Å²) in [5.74, 6) is -0.144. The van der Waals surface area contributed by atoms with Gasteiger partial charge in [-0.05, 0) is 65.4 Å². The first-order valence-electron chi connectivity index (χ1n) is 11.4. The molecule has 0 radical (unpaired) electrons. The smallest absolute Gasteiger partial charge is 0.303 e. The highest BCUT2D eigenvalue weighted by molar-refractivity contribution is 5.94. The van der Waals surface area contributed by atoms with Crippen LogP contribution in [-0.4, -0.2) is 48.1 Å². The van der Waals surface area contributed by atoms with Gasteiger partial charge in [-0.1, -0.05) is 36.4 Å². The first kappa shape index (κ1) is 22.8. The second-order valence-corrected chi connectivity index (χ2v) is 8.67. The molecule has 0 aliphatic carbocycles. The first-order chi connectivity index (χ1) is 16.0. The molecule has 6 nitrogen and oxygen atoms in total. The molecule has 2 N–H and O–H groups in total. The standard InChI is InChI=1S/C27H30N2O4/c1-33-25-4-2-3-22(17-25)27(32)28-24-11-13-29(14-12-24)18-20-6-9-21-8-5-19(7-10-26(30)31)15-23(21)16-20/h2-6,8-9,15-17,24H,7,10-14,18H2,1H3,(H,28,32)(H,30,31). The van der Waals surface area contributed by atoms with Crippen LogP contribution in [0.15, 0.2) is 60.7 Å². The monoisotopic (exact) mass is 446 g/mol. The van der Waals surface area contributed by atoms with Crippen LogP contribution in [0.2, 0.25) is 0 Å². The molecule has 1 amide bonds. The van der Waals surface area contributed by atoms with Gasteiger partial charge in [0, 0.05) is 37.7 Å². The van der Waals surface area contributed by atoms with Crippen molar-refractivity contribution in [3.8, 4) is 5.75 Å². The quantitative estimate of drug-likeness (QED) is 0.541. The van der Waals surface area contributed by atoms with Crippen LogP contribution in [0.1, 0.15) is 40.7 Å². The van der Waals surface area contributed by atoms with E-state index in [1.807, 2.05) is 18.2 Å². The summed E-state index contributed by atoms with van der Waals surface area (Å²) in [4.78, 5) is 25.9. The molecule has 0 saturated carbocycles. The number of carboxylic acid groups (broad SMARTS) is 1. The maximum atomic E-state index is 12.6. The number of carbonyl (C=O) groups is 2. The number of rotatable bonds is 8. The topological polar surface area (TPSA) is 78.9 Å². The van der Waals surface area contributed by atoms with E-state index >= 15 is 0 Å². The lowest BCUT2D eigenvalue weighted by Gasteiger charge is -2.32. The second-order valence-electron chi connectivity index (χ2n) is 8.67. The fourth-order valence-corrected chi connectivity index (χ4v) is 4.38. The van der Waals surface area contributed by atoms with Crippen molar-refractivity contribution < 1.29 is 19.4 Å². The lowest BCUT2D eigenvalue weighted by Crippen LogP contribution is -2.44. The van der Waals surface area contributed by atoms with Gasteiger partial charge in [0.1, 0.15) is 5.75 Å². The van der Waals surface area contributed by atoms with Gasteiger partial charge < -0.3 is 15.2 Å². The van der Waals surface area contributed by atoms with E-state index in [4.69, 9.17) is 9.84 Å². The lowest BCUT2D eigenvalue weighted by molar-refractivity contribution is -0.136. The SMILES string of the molecule is COc1cccc(C(=O)NC2CCN(Cc3ccc4ccc(CCC(=O)O)cc4c3)CC2)c1. The fourth-order valence-electron chi connectivity index (χ4n) is 4.38. The van der Waals surface area contributed by atoms with Crippen molar-refractivity contribution in [1.82, 2.24) is 10.2 Å². The number of methoxy groups -OCH3 is 1. The minimum absolute atomic E-state index is 0.0550. The number of carbonyl (C=O) groups excluding carboxylic acids is 1. The Balaban J connectivity index is 1.31. The maximum absolute atomic E-state index is 12.6. The first-order valence-corrected chi connectivity index (χ1v) is 11.4. The largest absolute Gasteiger partial charge is 0.497 e. The molecule has 1 heterocycles. The molecule has 172 valence electrons. The van der Waals surface area contributed by atoms with Gasteiger partial charge in [0.2, 0.25) is 0 Å². The van der Waals surface area contributed by atoms with Gasteiger partial charge in [0.25, 0.3) is 5.91 Å². The van der Waals surface area contributed by atoms with Crippen LogP contribution in [0.25, 0.3) is 10.8 Å². The Morgan fingerprint density at radius 2 is 1.73 bits per heavy atom. The number of nitrogens with one attached hydrogen (secondary N) is 1. The molecule has 1 saturated heterocycles. The van der Waals surface area contributed by atoms with Crippen molar-refractivity contribution in [3.05, 3.63) is 77.4 Å². The van der Waals surface area contributed by atoms with Gasteiger partial charge in [0.05, 0.1) is 7.11 Å². The summed E-state index contributed by atoms with van der Waals surface area (Å²) in [6.45, 7) is 2.73. The van der Waals surface area contributed by atoms with Crippen LogP contribution in [0.5, 0.6) is 5.75 Å². The van der Waals surface area contributed by atoms with Crippen molar-refractivity contribution in [2.75, 3.05) is 20.2 Å². The number of likely N-dealkylation sites (tertiary alicyclic amines) is 1. The van der Waals surface area contributed by atoms with E-state index in [0.717, 1.165) is 48.8 Å². The van der Waals surface area contributed by atoms with E-state index in [9.17, 15) is 9.59 Å². The number of nitrogens with zero attached hydrogens (tertiary/aromatic N) is 1. The summed E-state index contributed by atoms with van der Waals surface area (Å²) in [6, 6.07) is 20.1. The normalized spacial score (nSPS) is 14.8. The van der Waals surface area contributed by atoms with Crippen LogP contribution in [-0.2, 0) is 17.8 Å². The van der Waals surface area contributed by atoms with Crippen molar-refractivity contribution in [3.63, 3.8) is 0 Å². The number of hydrogen-bond acceptors (Lipinski definition) is 4. The number of amides is 1. The molecule has 1 fully saturated rings. The van der Waals surface area contributed by atoms with Gasteiger partial charge in [0.15, 0.2) is 0 Å². The maximum Gasteiger partial charge on any atom is 0.303 e. The van der Waals surface area contributed by atoms with E-state index < -0.39 is 5.97 Å². The van der Waals surface area contributed by atoms with Crippen LogP contribution >= 0.6 is 0 Å². The molecule has 3 aromatic rings. The van der Waals surface area contributed by atoms with Crippen LogP contribution in [0, 0.1) is 0 Å². The molecule has 4 rings (SSSR count). The molecule has 0 atom stereocenters. The van der Waals surface area contributed by atoms with Crippen molar-refractivity contribution in [2.24, 2.45) is 0 Å². The molecular weight excluding hydrogens is 416 g/mol. The van der Waals surface area contributed by atoms with Gasteiger partial charge in [-0.2, -0.15) is 0 Å². The van der Waals surface area contributed by atoms with Crippen molar-refractivity contribution in [2.45, 2.75) is 38.3 Å². The zero-order chi connectivity index (χ0) is 23.2. The molecule has 0 bridgehead atoms. The zero-order valence-electron chi connectivity index (χ0n) is 18.9. The molecule has 33 heavy (non-hydrogen) atoms. The third kappa shape index (κ3) is 6.11. The van der Waals surface area contributed by atoms with E-state index in [1.54, 1.807) is 19.2 Å². The van der Waals surface area contributed by atoms with E-state index in [0.29, 0.717) is 17.7 Å². The summed E-state index contributed by atoms with van der Waals surface area (Å²) >= 11 is 0. The Morgan fingerprint density at radius 3 is 2.45 bits per heavy atom. The Kier molecular flexibility index (Phi) is 7.25. The van der Waals surface area contributed by atoms with Gasteiger partial charge in [-0.15, -0.1) is 0 Å². The Labute approximate surface area is 194 Å². The van der Waals surface area contributed by atoms with Crippen LogP contribution < -0.4 is 10.1 Å². The average Bonchev–Trinajstić information content (AvgIpc) is 2.83. The molecule has 6 heteroatoms. The molecular formula is C27H30N2O4. The molecule has 0 unspecified atom stereocenters. The predicted octanol–water partition coefficient (Wildman–Crippen LogP) is 4.26. The number of piperidine rings is 1. The summed E-state index contributed by atoms with van der Waals surface area (Å²) in [6.07, 6.45) is 2.53. The van der Waals surface area contributed by atoms with E-state index in [1.165, 1.54) is 5.56 Å². The highest BCUT2D eigenvalue weighted by Crippen LogP contribution is 2.21. The van der Waals surface area contributed by atoms with Gasteiger partial charge in [-0.25, -0.2) is 0 Å². The number of hydrogen-bond donors (Lipinski definition) is 2. The highest BCUT2D eigenvalue weighted by atomic mass is 16.5. The van der Waals surface area contributed by atoms with E-state index in [2.05, 4.69) is 40.5 Å². The fraction of sp³-hybridized carbons (Fsp3) is 0.333. The number of aryl methyl sites for hydroxylation is 1. The molecule has 0 spiro atoms. The minimum Gasteiger partial charge on any atom is -0.497 e. The van der Waals surface area contributed by atoms with E-state index in [-0.39, 0.29) is 18.4 Å². The zero-order valence-corrected chi connectivity index (χ0v) is 18.9. The number of benzene rings is 3. The second kappa shape index (κ2) is 10.5. The predicted molar refractivity (Wildman–Crippen MR) is 129 cm³/mol. The van der Waals surface area contributed by atoms with Gasteiger partial charge in [-0.3, -0.25) is 14.5 Å². The molecule has 1 aliphatic rings. The lowest BCUT2D eigenvalue weighted by atomic mass is 10.0. The van der Waals surface area contributed by atoms with Crippen LogP contribution in [0.4, 0.5) is 0 Å². The third-order valence-electron chi connectivity index (χ3n) is 6.26. The summed E-state index contributed by atoms with van der Waals surface area (Å²) in [5.41, 5.74) is 2.92. The number of aliphatic carboxylic acids is 1. The Bertz CT molecular complexity index is 1140. The molecule has 1 aliphatic heterocycles. The minimum atomic E-state index is -0.771. The Morgan fingerprint density at radius 1 is 1.00 bits per heavy atom. The molecule has 3 aromatic carbocycles. The number of carboxylic acids is 1. The number of ether oxygens (including phenoxy) is 1. The highest BCUT2D eigenvalue weighted by Gasteiger charge is 2.21. The van der Waals surface area contributed by atoms with Gasteiger partial charge >= 0.3 is 5.97 Å². The molecule has 0 aromatic heterocycles. The van der Waals surface area contributed by atoms with Crippen molar-refractivity contribution >= 4 is 22.6 Å². The summed E-state index contributed by atoms with van der Waals surface area (Å²) in [7, 11) is 1.60. The average molecular weight is 447 g/mol. The number of fused-ring (bicyclic) bond motifs is 1. The summed E-state index contributed by atoms with van der Waals surface area (Å²) in [5, 5.41) is 14.4. The Hall–Kier alpha value is -3.38. The summed E-state index contributed by atoms with van der Waals surface area (Å²) < 4.78 is 5.21. The van der Waals surface area contributed by atoms with Crippen LogP contribution in [0.3, 0.4) is 0 Å².